The molecule has 0 atom stereocenters. The number of rotatable bonds is 3. The zero-order valence-electron chi connectivity index (χ0n) is 7.98. The molecule has 0 nitrogen and oxygen atoms in total. The van der Waals surface area contributed by atoms with E-state index in [2.05, 4.69) is 48.0 Å². The zero-order valence-corrected chi connectivity index (χ0v) is 10.3. The van der Waals surface area contributed by atoms with Gasteiger partial charge in [0.1, 0.15) is 0 Å². The van der Waals surface area contributed by atoms with E-state index in [1.807, 2.05) is 0 Å². The summed E-state index contributed by atoms with van der Waals surface area (Å²) in [4.78, 5) is 0. The van der Waals surface area contributed by atoms with Crippen molar-refractivity contribution in [1.29, 1.82) is 0 Å². The van der Waals surface area contributed by atoms with Gasteiger partial charge in [0.15, 0.2) is 0 Å². The van der Waals surface area contributed by atoms with Crippen molar-refractivity contribution in [3.63, 3.8) is 0 Å². The van der Waals surface area contributed by atoms with Crippen LogP contribution in [0.1, 0.15) is 25.0 Å². The second kappa shape index (κ2) is 5.02. The number of hydrogen-bond acceptors (Lipinski definition) is 0. The Balaban J connectivity index is 2.85. The smallest absolute Gasteiger partial charge is 0.0474 e. The highest BCUT2D eigenvalue weighted by molar-refractivity contribution is 9.10. The molecule has 0 amide bonds. The summed E-state index contributed by atoms with van der Waals surface area (Å²) in [6, 6.07) is 6.35. The minimum Gasteiger partial charge on any atom is -0.122 e. The summed E-state index contributed by atoms with van der Waals surface area (Å²) in [7, 11) is 0. The monoisotopic (exact) mass is 260 g/mol. The van der Waals surface area contributed by atoms with Gasteiger partial charge in [-0.1, -0.05) is 41.9 Å². The van der Waals surface area contributed by atoms with Crippen molar-refractivity contribution in [2.24, 2.45) is 5.92 Å². The molecule has 1 rings (SSSR count). The molecule has 0 aliphatic carbocycles. The third-order valence-corrected chi connectivity index (χ3v) is 2.95. The van der Waals surface area contributed by atoms with Crippen molar-refractivity contribution in [3.8, 4) is 0 Å². The number of alkyl halides is 1. The Bertz CT molecular complexity index is 281. The quantitative estimate of drug-likeness (QED) is 0.708. The molecule has 0 heterocycles. The van der Waals surface area contributed by atoms with Crippen LogP contribution >= 0.6 is 27.5 Å². The van der Waals surface area contributed by atoms with Crippen LogP contribution in [0.25, 0.3) is 0 Å². The first-order chi connectivity index (χ1) is 6.13. The summed E-state index contributed by atoms with van der Waals surface area (Å²) in [5.41, 5.74) is 2.53. The Labute approximate surface area is 93.4 Å². The molecule has 2 heteroatoms. The van der Waals surface area contributed by atoms with E-state index in [1.165, 1.54) is 15.6 Å². The fourth-order valence-corrected chi connectivity index (χ4v) is 2.03. The molecular formula is C11H14BrCl. The van der Waals surface area contributed by atoms with Gasteiger partial charge in [-0.25, -0.2) is 0 Å². The minimum absolute atomic E-state index is 0.584. The van der Waals surface area contributed by atoms with Crippen LogP contribution in [-0.2, 0) is 12.3 Å². The van der Waals surface area contributed by atoms with Crippen molar-refractivity contribution in [3.05, 3.63) is 33.8 Å². The maximum atomic E-state index is 5.74. The van der Waals surface area contributed by atoms with Crippen molar-refractivity contribution < 1.29 is 0 Å². The molecule has 0 saturated heterocycles. The van der Waals surface area contributed by atoms with Crippen molar-refractivity contribution >= 4 is 27.5 Å². The molecule has 0 fully saturated rings. The van der Waals surface area contributed by atoms with Gasteiger partial charge in [-0.05, 0) is 29.5 Å². The summed E-state index contributed by atoms with van der Waals surface area (Å²) in [5, 5.41) is 0. The first-order valence-corrected chi connectivity index (χ1v) is 5.79. The molecule has 0 saturated carbocycles. The minimum atomic E-state index is 0.584. The Kier molecular flexibility index (Phi) is 4.27. The molecule has 0 unspecified atom stereocenters. The zero-order chi connectivity index (χ0) is 9.84. The Morgan fingerprint density at radius 1 is 1.38 bits per heavy atom. The van der Waals surface area contributed by atoms with Gasteiger partial charge < -0.3 is 0 Å². The largest absolute Gasteiger partial charge is 0.122 e. The fourth-order valence-electron chi connectivity index (χ4n) is 1.28. The van der Waals surface area contributed by atoms with Gasteiger partial charge in [0.2, 0.25) is 0 Å². The summed E-state index contributed by atoms with van der Waals surface area (Å²) >= 11 is 9.29. The van der Waals surface area contributed by atoms with E-state index in [9.17, 15) is 0 Å². The topological polar surface area (TPSA) is 0 Å². The van der Waals surface area contributed by atoms with Gasteiger partial charge in [0.05, 0.1) is 0 Å². The van der Waals surface area contributed by atoms with Gasteiger partial charge in [-0.3, -0.25) is 0 Å². The number of hydrogen-bond donors (Lipinski definition) is 0. The van der Waals surface area contributed by atoms with Crippen LogP contribution in [0.5, 0.6) is 0 Å². The third-order valence-electron chi connectivity index (χ3n) is 1.90. The molecule has 0 aliphatic heterocycles. The van der Waals surface area contributed by atoms with Gasteiger partial charge in [-0.2, -0.15) is 0 Å². The molecule has 0 radical (unpaired) electrons. The normalized spacial score (nSPS) is 10.8. The van der Waals surface area contributed by atoms with E-state index in [1.54, 1.807) is 0 Å². The highest BCUT2D eigenvalue weighted by Crippen LogP contribution is 2.22. The summed E-state index contributed by atoms with van der Waals surface area (Å²) < 4.78 is 1.18. The Morgan fingerprint density at radius 3 is 2.54 bits per heavy atom. The highest BCUT2D eigenvalue weighted by atomic mass is 79.9. The Morgan fingerprint density at radius 2 is 2.08 bits per heavy atom. The van der Waals surface area contributed by atoms with Crippen molar-refractivity contribution in [2.75, 3.05) is 0 Å². The average molecular weight is 262 g/mol. The maximum absolute atomic E-state index is 5.74. The summed E-state index contributed by atoms with van der Waals surface area (Å²) in [6.07, 6.45) is 1.11. The molecule has 1 aromatic rings. The van der Waals surface area contributed by atoms with Crippen molar-refractivity contribution in [1.82, 2.24) is 0 Å². The van der Waals surface area contributed by atoms with Crippen LogP contribution < -0.4 is 0 Å². The molecule has 0 bridgehead atoms. The van der Waals surface area contributed by atoms with Gasteiger partial charge in [-0.15, -0.1) is 11.6 Å². The second-order valence-corrected chi connectivity index (χ2v) is 4.78. The van der Waals surface area contributed by atoms with Crippen LogP contribution in [0.2, 0.25) is 0 Å². The fraction of sp³-hybridized carbons (Fsp3) is 0.455. The van der Waals surface area contributed by atoms with Gasteiger partial charge in [0, 0.05) is 10.4 Å². The number of halogens is 2. The van der Waals surface area contributed by atoms with E-state index in [-0.39, 0.29) is 0 Å². The third kappa shape index (κ3) is 3.32. The summed E-state index contributed by atoms with van der Waals surface area (Å²) in [5.74, 6) is 1.28. The van der Waals surface area contributed by atoms with E-state index in [0.717, 1.165) is 6.42 Å². The molecular weight excluding hydrogens is 247 g/mol. The van der Waals surface area contributed by atoms with Crippen molar-refractivity contribution in [2.45, 2.75) is 26.1 Å². The van der Waals surface area contributed by atoms with E-state index >= 15 is 0 Å². The molecule has 13 heavy (non-hydrogen) atoms. The van der Waals surface area contributed by atoms with E-state index < -0.39 is 0 Å². The lowest BCUT2D eigenvalue weighted by atomic mass is 10.0. The molecule has 0 aromatic heterocycles. The molecule has 1 aromatic carbocycles. The van der Waals surface area contributed by atoms with Crippen LogP contribution in [0.3, 0.4) is 0 Å². The highest BCUT2D eigenvalue weighted by Gasteiger charge is 2.03. The average Bonchev–Trinajstić information content (AvgIpc) is 2.08. The standard InChI is InChI=1S/C11H14BrCl/c1-8(2)5-10-4-3-9(7-13)6-11(10)12/h3-4,6,8H,5,7H2,1-2H3. The van der Waals surface area contributed by atoms with Crippen LogP contribution in [0.15, 0.2) is 22.7 Å². The van der Waals surface area contributed by atoms with Crippen LogP contribution in [0, 0.1) is 5.92 Å². The lowest BCUT2D eigenvalue weighted by Gasteiger charge is -2.08. The van der Waals surface area contributed by atoms with E-state index in [4.69, 9.17) is 11.6 Å². The molecule has 72 valence electrons. The number of benzene rings is 1. The molecule has 0 aliphatic rings. The lowest BCUT2D eigenvalue weighted by Crippen LogP contribution is -1.95. The summed E-state index contributed by atoms with van der Waals surface area (Å²) in [6.45, 7) is 4.45. The Hall–Kier alpha value is -0.0100. The van der Waals surface area contributed by atoms with Crippen LogP contribution in [0.4, 0.5) is 0 Å². The molecule has 0 spiro atoms. The lowest BCUT2D eigenvalue weighted by molar-refractivity contribution is 0.645. The predicted molar refractivity (Wildman–Crippen MR) is 62.2 cm³/mol. The molecule has 0 N–H and O–H groups in total. The first-order valence-electron chi connectivity index (χ1n) is 4.46. The predicted octanol–water partition coefficient (Wildman–Crippen LogP) is 4.39. The first kappa shape index (κ1) is 11.1. The van der Waals surface area contributed by atoms with Crippen LogP contribution in [-0.4, -0.2) is 0 Å². The second-order valence-electron chi connectivity index (χ2n) is 3.66. The maximum Gasteiger partial charge on any atom is 0.0474 e. The van der Waals surface area contributed by atoms with E-state index in [0.29, 0.717) is 11.8 Å². The van der Waals surface area contributed by atoms with Gasteiger partial charge >= 0.3 is 0 Å². The SMILES string of the molecule is CC(C)Cc1ccc(CCl)cc1Br. The van der Waals surface area contributed by atoms with Gasteiger partial charge in [0.25, 0.3) is 0 Å².